The fourth-order valence-corrected chi connectivity index (χ4v) is 2.16. The highest BCUT2D eigenvalue weighted by Crippen LogP contribution is 2.10. The maximum Gasteiger partial charge on any atom is 0.408 e. The highest BCUT2D eigenvalue weighted by Gasteiger charge is 2.30. The Labute approximate surface area is 121 Å². The SMILES string of the molecule is CC[C@@H](NC(=O)OC(C)(C)C)C(=O)N1CCNCC1C. The number of rotatable bonds is 3. The van der Waals surface area contributed by atoms with Crippen LogP contribution in [-0.2, 0) is 9.53 Å². The molecule has 2 atom stereocenters. The number of alkyl carbamates (subject to hydrolysis) is 1. The van der Waals surface area contributed by atoms with Crippen molar-refractivity contribution in [3.8, 4) is 0 Å². The molecule has 0 aromatic heterocycles. The molecule has 1 heterocycles. The van der Waals surface area contributed by atoms with Crippen molar-refractivity contribution in [1.82, 2.24) is 15.5 Å². The van der Waals surface area contributed by atoms with Gasteiger partial charge in [-0.05, 0) is 34.1 Å². The summed E-state index contributed by atoms with van der Waals surface area (Å²) in [4.78, 5) is 26.1. The molecule has 0 saturated carbocycles. The Morgan fingerprint density at radius 1 is 1.45 bits per heavy atom. The van der Waals surface area contributed by atoms with Crippen molar-refractivity contribution in [3.05, 3.63) is 0 Å². The lowest BCUT2D eigenvalue weighted by Gasteiger charge is -2.36. The molecule has 1 aliphatic rings. The van der Waals surface area contributed by atoms with Crippen molar-refractivity contribution in [1.29, 1.82) is 0 Å². The summed E-state index contributed by atoms with van der Waals surface area (Å²) < 4.78 is 5.20. The van der Waals surface area contributed by atoms with Crippen LogP contribution < -0.4 is 10.6 Å². The summed E-state index contributed by atoms with van der Waals surface area (Å²) in [6.07, 6.45) is 0.00911. The van der Waals surface area contributed by atoms with E-state index in [1.54, 1.807) is 20.8 Å². The average Bonchev–Trinajstić information content (AvgIpc) is 2.33. The predicted octanol–water partition coefficient (Wildman–Crippen LogP) is 1.11. The fourth-order valence-electron chi connectivity index (χ4n) is 2.16. The van der Waals surface area contributed by atoms with Crippen LogP contribution >= 0.6 is 0 Å². The van der Waals surface area contributed by atoms with Crippen molar-refractivity contribution in [2.24, 2.45) is 0 Å². The Kier molecular flexibility index (Phi) is 5.80. The largest absolute Gasteiger partial charge is 0.444 e. The van der Waals surface area contributed by atoms with E-state index in [1.807, 2.05) is 18.7 Å². The van der Waals surface area contributed by atoms with E-state index in [9.17, 15) is 9.59 Å². The van der Waals surface area contributed by atoms with Crippen molar-refractivity contribution in [2.45, 2.75) is 58.7 Å². The third-order valence-electron chi connectivity index (χ3n) is 3.18. The first kappa shape index (κ1) is 16.8. The number of carbonyl (C=O) groups is 2. The lowest BCUT2D eigenvalue weighted by Crippen LogP contribution is -2.57. The van der Waals surface area contributed by atoms with Gasteiger partial charge in [0.15, 0.2) is 0 Å². The Balaban J connectivity index is 2.60. The molecule has 1 fully saturated rings. The summed E-state index contributed by atoms with van der Waals surface area (Å²) in [5, 5.41) is 5.91. The van der Waals surface area contributed by atoms with E-state index >= 15 is 0 Å². The molecule has 6 nitrogen and oxygen atoms in total. The summed E-state index contributed by atoms with van der Waals surface area (Å²) in [6.45, 7) is 11.5. The van der Waals surface area contributed by atoms with Gasteiger partial charge in [-0.3, -0.25) is 4.79 Å². The molecule has 1 rings (SSSR count). The van der Waals surface area contributed by atoms with Crippen molar-refractivity contribution in [2.75, 3.05) is 19.6 Å². The maximum atomic E-state index is 12.5. The number of carbonyl (C=O) groups excluding carboxylic acids is 2. The first-order valence-corrected chi connectivity index (χ1v) is 7.25. The molecule has 0 radical (unpaired) electrons. The van der Waals surface area contributed by atoms with Crippen LogP contribution in [0.3, 0.4) is 0 Å². The second kappa shape index (κ2) is 6.92. The van der Waals surface area contributed by atoms with Crippen molar-refractivity contribution < 1.29 is 14.3 Å². The molecular weight excluding hydrogens is 258 g/mol. The number of hydrogen-bond donors (Lipinski definition) is 2. The monoisotopic (exact) mass is 285 g/mol. The topological polar surface area (TPSA) is 70.7 Å². The molecule has 1 unspecified atom stereocenters. The number of nitrogens with one attached hydrogen (secondary N) is 2. The lowest BCUT2D eigenvalue weighted by atomic mass is 10.1. The van der Waals surface area contributed by atoms with E-state index in [1.165, 1.54) is 0 Å². The van der Waals surface area contributed by atoms with E-state index in [0.717, 1.165) is 13.1 Å². The van der Waals surface area contributed by atoms with Gasteiger partial charge < -0.3 is 20.3 Å². The molecule has 2 N–H and O–H groups in total. The van der Waals surface area contributed by atoms with Gasteiger partial charge in [0.25, 0.3) is 0 Å². The predicted molar refractivity (Wildman–Crippen MR) is 77.5 cm³/mol. The van der Waals surface area contributed by atoms with Crippen LogP contribution in [0.1, 0.15) is 41.0 Å². The molecule has 0 aromatic carbocycles. The zero-order valence-electron chi connectivity index (χ0n) is 13.2. The second-order valence-corrected chi connectivity index (χ2v) is 6.19. The third kappa shape index (κ3) is 5.00. The summed E-state index contributed by atoms with van der Waals surface area (Å²) >= 11 is 0. The van der Waals surface area contributed by atoms with E-state index in [0.29, 0.717) is 13.0 Å². The highest BCUT2D eigenvalue weighted by atomic mass is 16.6. The third-order valence-corrected chi connectivity index (χ3v) is 3.18. The van der Waals surface area contributed by atoms with Crippen LogP contribution in [0.4, 0.5) is 4.79 Å². The molecule has 20 heavy (non-hydrogen) atoms. The van der Waals surface area contributed by atoms with Gasteiger partial charge in [-0.15, -0.1) is 0 Å². The molecule has 0 spiro atoms. The number of hydrogen-bond acceptors (Lipinski definition) is 4. The maximum absolute atomic E-state index is 12.5. The molecule has 6 heteroatoms. The van der Waals surface area contributed by atoms with Gasteiger partial charge in [-0.2, -0.15) is 0 Å². The average molecular weight is 285 g/mol. The Morgan fingerprint density at radius 3 is 2.60 bits per heavy atom. The van der Waals surface area contributed by atoms with Crippen LogP contribution in [0.15, 0.2) is 0 Å². The quantitative estimate of drug-likeness (QED) is 0.815. The smallest absolute Gasteiger partial charge is 0.408 e. The van der Waals surface area contributed by atoms with Crippen molar-refractivity contribution >= 4 is 12.0 Å². The standard InChI is InChI=1S/C14H27N3O3/c1-6-11(16-13(19)20-14(3,4)5)12(18)17-8-7-15-9-10(17)2/h10-11,15H,6-9H2,1-5H3,(H,16,19)/t10?,11-/m1/s1. The first-order valence-electron chi connectivity index (χ1n) is 7.25. The summed E-state index contributed by atoms with van der Waals surface area (Å²) in [5.74, 6) is -0.0349. The highest BCUT2D eigenvalue weighted by molar-refractivity contribution is 5.86. The molecule has 0 aliphatic carbocycles. The Hall–Kier alpha value is -1.30. The van der Waals surface area contributed by atoms with Gasteiger partial charge in [0.05, 0.1) is 0 Å². The fraction of sp³-hybridized carbons (Fsp3) is 0.857. The van der Waals surface area contributed by atoms with Crippen LogP contribution in [0.25, 0.3) is 0 Å². The van der Waals surface area contributed by atoms with E-state index in [4.69, 9.17) is 4.74 Å². The van der Waals surface area contributed by atoms with Crippen molar-refractivity contribution in [3.63, 3.8) is 0 Å². The number of nitrogens with zero attached hydrogens (tertiary/aromatic N) is 1. The summed E-state index contributed by atoms with van der Waals surface area (Å²) in [6, 6.07) is -0.379. The first-order chi connectivity index (χ1) is 9.24. The van der Waals surface area contributed by atoms with E-state index in [-0.39, 0.29) is 11.9 Å². The van der Waals surface area contributed by atoms with Gasteiger partial charge in [0.1, 0.15) is 11.6 Å². The molecule has 116 valence electrons. The van der Waals surface area contributed by atoms with Gasteiger partial charge in [-0.1, -0.05) is 6.92 Å². The van der Waals surface area contributed by atoms with Crippen LogP contribution in [0.5, 0.6) is 0 Å². The normalized spacial score (nSPS) is 21.2. The minimum Gasteiger partial charge on any atom is -0.444 e. The number of amides is 2. The van der Waals surface area contributed by atoms with E-state index in [2.05, 4.69) is 10.6 Å². The Morgan fingerprint density at radius 2 is 2.10 bits per heavy atom. The number of piperazine rings is 1. The zero-order chi connectivity index (χ0) is 15.3. The lowest BCUT2D eigenvalue weighted by molar-refractivity contribution is -0.136. The zero-order valence-corrected chi connectivity index (χ0v) is 13.2. The van der Waals surface area contributed by atoms with Crippen LogP contribution in [0.2, 0.25) is 0 Å². The molecule has 2 amide bonds. The minimum atomic E-state index is -0.562. The molecule has 0 bridgehead atoms. The molecule has 1 aliphatic heterocycles. The summed E-state index contributed by atoms with van der Waals surface area (Å²) in [7, 11) is 0. The minimum absolute atomic E-state index is 0.0349. The molecular formula is C14H27N3O3. The van der Waals surface area contributed by atoms with Gasteiger partial charge >= 0.3 is 6.09 Å². The summed E-state index contributed by atoms with van der Waals surface area (Å²) in [5.41, 5.74) is -0.562. The van der Waals surface area contributed by atoms with Crippen LogP contribution in [0, 0.1) is 0 Å². The van der Waals surface area contributed by atoms with Gasteiger partial charge in [0, 0.05) is 25.7 Å². The Bertz CT molecular complexity index is 352. The van der Waals surface area contributed by atoms with Gasteiger partial charge in [-0.25, -0.2) is 4.79 Å². The second-order valence-electron chi connectivity index (χ2n) is 6.19. The van der Waals surface area contributed by atoms with E-state index < -0.39 is 17.7 Å². The molecule has 0 aromatic rings. The molecule has 1 saturated heterocycles. The number of ether oxygens (including phenoxy) is 1. The van der Waals surface area contributed by atoms with Crippen LogP contribution in [-0.4, -0.2) is 54.2 Å². The van der Waals surface area contributed by atoms with Gasteiger partial charge in [0.2, 0.25) is 5.91 Å².